The molecular formula is C22H29ClN4O2. The molecule has 29 heavy (non-hydrogen) atoms. The highest BCUT2D eigenvalue weighted by Gasteiger charge is 2.25. The van der Waals surface area contributed by atoms with Crippen LogP contribution < -0.4 is 5.32 Å². The molecule has 0 bridgehead atoms. The van der Waals surface area contributed by atoms with E-state index in [0.29, 0.717) is 42.9 Å². The van der Waals surface area contributed by atoms with Crippen LogP contribution >= 0.6 is 11.6 Å². The zero-order valence-corrected chi connectivity index (χ0v) is 18.3. The third-order valence-electron chi connectivity index (χ3n) is 5.40. The minimum atomic E-state index is -0.153. The molecule has 0 aliphatic carbocycles. The standard InChI is InChI=1S/C22H29ClN4O2/c1-15(2)27-16(3)14-20(17(27)4)21(28)25-10-5-11-26(13-12-25)22(29)24-19-8-6-18(23)7-9-19/h6-9,14-15H,5,10-13H2,1-4H3,(H,24,29). The lowest BCUT2D eigenvalue weighted by Gasteiger charge is -2.23. The maximum Gasteiger partial charge on any atom is 0.321 e. The van der Waals surface area contributed by atoms with Gasteiger partial charge in [-0.05, 0) is 64.4 Å². The highest BCUT2D eigenvalue weighted by Crippen LogP contribution is 2.22. The number of aromatic nitrogens is 1. The Labute approximate surface area is 177 Å². The fourth-order valence-corrected chi connectivity index (χ4v) is 4.14. The van der Waals surface area contributed by atoms with E-state index in [1.807, 2.05) is 24.8 Å². The molecule has 1 aliphatic heterocycles. The van der Waals surface area contributed by atoms with Gasteiger partial charge in [-0.2, -0.15) is 0 Å². The van der Waals surface area contributed by atoms with E-state index in [2.05, 4.69) is 23.7 Å². The summed E-state index contributed by atoms with van der Waals surface area (Å²) in [6.07, 6.45) is 0.753. The minimum Gasteiger partial charge on any atom is -0.346 e. The van der Waals surface area contributed by atoms with Crippen LogP contribution in [0.4, 0.5) is 10.5 Å². The van der Waals surface area contributed by atoms with Gasteiger partial charge in [0, 0.05) is 54.3 Å². The first-order chi connectivity index (χ1) is 13.8. The van der Waals surface area contributed by atoms with Crippen LogP contribution in [-0.2, 0) is 0 Å². The highest BCUT2D eigenvalue weighted by atomic mass is 35.5. The van der Waals surface area contributed by atoms with Gasteiger partial charge in [0.25, 0.3) is 5.91 Å². The third-order valence-corrected chi connectivity index (χ3v) is 5.65. The average Bonchev–Trinajstić information content (AvgIpc) is 2.84. The Morgan fingerprint density at radius 3 is 2.24 bits per heavy atom. The van der Waals surface area contributed by atoms with Gasteiger partial charge in [0.05, 0.1) is 5.56 Å². The summed E-state index contributed by atoms with van der Waals surface area (Å²) in [6, 6.07) is 9.18. The van der Waals surface area contributed by atoms with Crippen molar-refractivity contribution in [2.24, 2.45) is 0 Å². The molecule has 2 heterocycles. The molecule has 0 atom stereocenters. The maximum atomic E-state index is 13.1. The summed E-state index contributed by atoms with van der Waals surface area (Å²) in [7, 11) is 0. The van der Waals surface area contributed by atoms with Gasteiger partial charge in [-0.25, -0.2) is 4.79 Å². The van der Waals surface area contributed by atoms with Crippen LogP contribution in [0.5, 0.6) is 0 Å². The van der Waals surface area contributed by atoms with Crippen LogP contribution in [0.3, 0.4) is 0 Å². The van der Waals surface area contributed by atoms with Crippen molar-refractivity contribution in [1.29, 1.82) is 0 Å². The maximum absolute atomic E-state index is 13.1. The lowest BCUT2D eigenvalue weighted by atomic mass is 10.2. The van der Waals surface area contributed by atoms with Crippen LogP contribution in [-0.4, -0.2) is 52.5 Å². The van der Waals surface area contributed by atoms with Gasteiger partial charge in [0.1, 0.15) is 0 Å². The second-order valence-electron chi connectivity index (χ2n) is 7.82. The van der Waals surface area contributed by atoms with E-state index in [0.717, 1.165) is 23.4 Å². The van der Waals surface area contributed by atoms with Crippen LogP contribution in [0.25, 0.3) is 0 Å². The fraction of sp³-hybridized carbons (Fsp3) is 0.455. The van der Waals surface area contributed by atoms with Crippen LogP contribution in [0.1, 0.15) is 48.1 Å². The van der Waals surface area contributed by atoms with Crippen molar-refractivity contribution in [3.05, 3.63) is 52.3 Å². The van der Waals surface area contributed by atoms with E-state index in [-0.39, 0.29) is 11.9 Å². The molecule has 7 heteroatoms. The number of carbonyl (C=O) groups excluding carboxylic acids is 2. The zero-order chi connectivity index (χ0) is 21.1. The Bertz CT molecular complexity index is 889. The Morgan fingerprint density at radius 2 is 1.62 bits per heavy atom. The number of hydrogen-bond donors (Lipinski definition) is 1. The number of hydrogen-bond acceptors (Lipinski definition) is 2. The number of nitrogens with zero attached hydrogens (tertiary/aromatic N) is 3. The summed E-state index contributed by atoms with van der Waals surface area (Å²) in [5.74, 6) is 0.0463. The molecule has 6 nitrogen and oxygen atoms in total. The van der Waals surface area contributed by atoms with Crippen LogP contribution in [0.15, 0.2) is 30.3 Å². The normalized spacial score (nSPS) is 14.8. The fourth-order valence-electron chi connectivity index (χ4n) is 4.02. The monoisotopic (exact) mass is 416 g/mol. The number of halogens is 1. The Kier molecular flexibility index (Phi) is 6.52. The van der Waals surface area contributed by atoms with E-state index >= 15 is 0 Å². The van der Waals surface area contributed by atoms with E-state index in [1.165, 1.54) is 0 Å². The molecule has 1 fully saturated rings. The van der Waals surface area contributed by atoms with Crippen molar-refractivity contribution in [3.8, 4) is 0 Å². The second kappa shape index (κ2) is 8.91. The summed E-state index contributed by atoms with van der Waals surface area (Å²) in [6.45, 7) is 10.6. The van der Waals surface area contributed by atoms with E-state index < -0.39 is 0 Å². The Hall–Kier alpha value is -2.47. The number of carbonyl (C=O) groups is 2. The predicted octanol–water partition coefficient (Wildman–Crippen LogP) is 4.72. The van der Waals surface area contributed by atoms with E-state index in [4.69, 9.17) is 11.6 Å². The zero-order valence-electron chi connectivity index (χ0n) is 17.5. The molecule has 1 aromatic carbocycles. The number of benzene rings is 1. The van der Waals surface area contributed by atoms with Gasteiger partial charge >= 0.3 is 6.03 Å². The Morgan fingerprint density at radius 1 is 1.00 bits per heavy atom. The third kappa shape index (κ3) is 4.75. The molecule has 0 saturated carbocycles. The molecule has 0 unspecified atom stereocenters. The van der Waals surface area contributed by atoms with Gasteiger partial charge in [0.2, 0.25) is 0 Å². The first-order valence-electron chi connectivity index (χ1n) is 10.1. The molecule has 1 N–H and O–H groups in total. The molecule has 0 spiro atoms. The summed E-state index contributed by atoms with van der Waals surface area (Å²) in [5.41, 5.74) is 3.57. The van der Waals surface area contributed by atoms with E-state index in [1.54, 1.807) is 29.2 Å². The molecule has 1 aliphatic rings. The van der Waals surface area contributed by atoms with Crippen molar-refractivity contribution in [2.45, 2.75) is 40.2 Å². The van der Waals surface area contributed by atoms with Crippen LogP contribution in [0.2, 0.25) is 5.02 Å². The van der Waals surface area contributed by atoms with Gasteiger partial charge in [0.15, 0.2) is 0 Å². The molecule has 156 valence electrons. The Balaban J connectivity index is 1.65. The lowest BCUT2D eigenvalue weighted by molar-refractivity contribution is 0.0762. The second-order valence-corrected chi connectivity index (χ2v) is 8.25. The number of urea groups is 1. The van der Waals surface area contributed by atoms with Gasteiger partial charge < -0.3 is 19.7 Å². The predicted molar refractivity (Wildman–Crippen MR) is 117 cm³/mol. The summed E-state index contributed by atoms with van der Waals surface area (Å²) in [4.78, 5) is 29.4. The molecule has 2 aromatic rings. The van der Waals surface area contributed by atoms with Crippen molar-refractivity contribution in [1.82, 2.24) is 14.4 Å². The molecule has 1 aromatic heterocycles. The van der Waals surface area contributed by atoms with Gasteiger partial charge in [-0.3, -0.25) is 4.79 Å². The molecule has 0 radical (unpaired) electrons. The van der Waals surface area contributed by atoms with Gasteiger partial charge in [-0.1, -0.05) is 11.6 Å². The number of nitrogens with one attached hydrogen (secondary N) is 1. The van der Waals surface area contributed by atoms with Crippen molar-refractivity contribution < 1.29 is 9.59 Å². The number of aryl methyl sites for hydroxylation is 1. The van der Waals surface area contributed by atoms with Crippen molar-refractivity contribution >= 4 is 29.2 Å². The summed E-state index contributed by atoms with van der Waals surface area (Å²) >= 11 is 5.89. The molecule has 1 saturated heterocycles. The van der Waals surface area contributed by atoms with Crippen molar-refractivity contribution in [2.75, 3.05) is 31.5 Å². The molecule has 3 rings (SSSR count). The topological polar surface area (TPSA) is 57.6 Å². The largest absolute Gasteiger partial charge is 0.346 e. The summed E-state index contributed by atoms with van der Waals surface area (Å²) in [5, 5.41) is 3.52. The summed E-state index contributed by atoms with van der Waals surface area (Å²) < 4.78 is 2.19. The molecular weight excluding hydrogens is 388 g/mol. The van der Waals surface area contributed by atoms with Crippen LogP contribution in [0, 0.1) is 13.8 Å². The van der Waals surface area contributed by atoms with E-state index in [9.17, 15) is 9.59 Å². The SMILES string of the molecule is Cc1cc(C(=O)N2CCCN(C(=O)Nc3ccc(Cl)cc3)CC2)c(C)n1C(C)C. The molecule has 3 amide bonds. The number of rotatable bonds is 3. The first kappa shape index (κ1) is 21.2. The first-order valence-corrected chi connectivity index (χ1v) is 10.4. The lowest BCUT2D eigenvalue weighted by Crippen LogP contribution is -2.39. The smallest absolute Gasteiger partial charge is 0.321 e. The number of amides is 3. The highest BCUT2D eigenvalue weighted by molar-refractivity contribution is 6.30. The average molecular weight is 417 g/mol. The number of anilines is 1. The van der Waals surface area contributed by atoms with Gasteiger partial charge in [-0.15, -0.1) is 0 Å². The quantitative estimate of drug-likeness (QED) is 0.787. The van der Waals surface area contributed by atoms with Crippen molar-refractivity contribution in [3.63, 3.8) is 0 Å². The minimum absolute atomic E-state index is 0.0463.